The Morgan fingerprint density at radius 3 is 2.35 bits per heavy atom. The van der Waals surface area contributed by atoms with Gasteiger partial charge in [0.2, 0.25) is 21.7 Å². The third-order valence-electron chi connectivity index (χ3n) is 4.29. The molecule has 1 aromatic heterocycles. The molecule has 7 heteroatoms. The van der Waals surface area contributed by atoms with Crippen LogP contribution in [0.4, 0.5) is 0 Å². The zero-order chi connectivity index (χ0) is 18.7. The maximum absolute atomic E-state index is 12.6. The lowest BCUT2D eigenvalue weighted by molar-refractivity contribution is 0.336. The van der Waals surface area contributed by atoms with E-state index in [1.165, 1.54) is 11.4 Å². The van der Waals surface area contributed by atoms with E-state index in [1.54, 1.807) is 0 Å². The van der Waals surface area contributed by atoms with Crippen molar-refractivity contribution >= 4 is 10.0 Å². The van der Waals surface area contributed by atoms with E-state index >= 15 is 0 Å². The van der Waals surface area contributed by atoms with Gasteiger partial charge in [0.1, 0.15) is 0 Å². The van der Waals surface area contributed by atoms with Gasteiger partial charge in [0, 0.05) is 12.6 Å². The van der Waals surface area contributed by atoms with Crippen LogP contribution in [-0.2, 0) is 22.3 Å². The number of hydrogen-bond donors (Lipinski definition) is 0. The van der Waals surface area contributed by atoms with Crippen LogP contribution in [0.5, 0.6) is 0 Å². The summed E-state index contributed by atoms with van der Waals surface area (Å²) in [6.45, 7) is 3.90. The third kappa shape index (κ3) is 4.00. The maximum atomic E-state index is 12.6. The first kappa shape index (κ1) is 18.3. The van der Waals surface area contributed by atoms with Gasteiger partial charge in [0.05, 0.1) is 12.3 Å². The molecule has 1 heterocycles. The van der Waals surface area contributed by atoms with Crippen LogP contribution >= 0.6 is 0 Å². The molecule has 0 saturated heterocycles. The second-order valence-corrected chi connectivity index (χ2v) is 8.34. The Kier molecular flexibility index (Phi) is 5.20. The fourth-order valence-corrected chi connectivity index (χ4v) is 3.86. The average molecular weight is 371 g/mol. The summed E-state index contributed by atoms with van der Waals surface area (Å²) in [5, 5.41) is 3.97. The highest BCUT2D eigenvalue weighted by atomic mass is 32.2. The fraction of sp³-hybridized carbons (Fsp3) is 0.263. The molecule has 0 aliphatic heterocycles. The smallest absolute Gasteiger partial charge is 0.242 e. The first-order chi connectivity index (χ1) is 12.4. The molecule has 0 aliphatic rings. The van der Waals surface area contributed by atoms with Crippen molar-refractivity contribution in [2.24, 2.45) is 0 Å². The minimum atomic E-state index is -3.49. The van der Waals surface area contributed by atoms with Crippen molar-refractivity contribution in [3.8, 4) is 11.4 Å². The zero-order valence-electron chi connectivity index (χ0n) is 15.0. The van der Waals surface area contributed by atoms with Gasteiger partial charge in [-0.15, -0.1) is 0 Å². The van der Waals surface area contributed by atoms with Crippen LogP contribution in [0.2, 0.25) is 0 Å². The van der Waals surface area contributed by atoms with Gasteiger partial charge in [-0.3, -0.25) is 0 Å². The molecule has 0 amide bonds. The highest BCUT2D eigenvalue weighted by molar-refractivity contribution is 7.88. The minimum Gasteiger partial charge on any atom is -0.338 e. The molecule has 3 rings (SSSR count). The number of rotatable bonds is 6. The molecule has 0 spiro atoms. The number of aromatic nitrogens is 2. The van der Waals surface area contributed by atoms with Gasteiger partial charge in [-0.05, 0) is 30.5 Å². The second kappa shape index (κ2) is 7.39. The quantitative estimate of drug-likeness (QED) is 0.664. The van der Waals surface area contributed by atoms with E-state index in [-0.39, 0.29) is 18.2 Å². The number of benzene rings is 2. The number of aryl methyl sites for hydroxylation is 2. The SMILES string of the molecule is Cc1ccccc1CS(=O)(=O)N(C)Cc1nc(-c2ccccc2C)no1. The molecule has 0 N–H and O–H groups in total. The van der Waals surface area contributed by atoms with Crippen LogP contribution in [0.25, 0.3) is 11.4 Å². The van der Waals surface area contributed by atoms with Crippen LogP contribution in [0.15, 0.2) is 53.1 Å². The second-order valence-electron chi connectivity index (χ2n) is 6.27. The number of sulfonamides is 1. The van der Waals surface area contributed by atoms with E-state index in [0.29, 0.717) is 5.82 Å². The summed E-state index contributed by atoms with van der Waals surface area (Å²) in [4.78, 5) is 4.34. The standard InChI is InChI=1S/C19H21N3O3S/c1-14-8-4-6-10-16(14)13-26(23,24)22(3)12-18-20-19(21-25-18)17-11-7-5-9-15(17)2/h4-11H,12-13H2,1-3H3. The topological polar surface area (TPSA) is 76.3 Å². The van der Waals surface area contributed by atoms with Crippen molar-refractivity contribution in [1.29, 1.82) is 0 Å². The van der Waals surface area contributed by atoms with Crippen LogP contribution in [0, 0.1) is 13.8 Å². The highest BCUT2D eigenvalue weighted by Crippen LogP contribution is 2.21. The van der Waals surface area contributed by atoms with Gasteiger partial charge < -0.3 is 4.52 Å². The van der Waals surface area contributed by atoms with Crippen LogP contribution in [0.1, 0.15) is 22.6 Å². The first-order valence-corrected chi connectivity index (χ1v) is 9.85. The molecule has 26 heavy (non-hydrogen) atoms. The summed E-state index contributed by atoms with van der Waals surface area (Å²) in [7, 11) is -1.97. The molecule has 0 aliphatic carbocycles. The van der Waals surface area contributed by atoms with E-state index in [2.05, 4.69) is 10.1 Å². The Labute approximate surface area is 153 Å². The Bertz CT molecular complexity index is 1010. The van der Waals surface area contributed by atoms with Gasteiger partial charge in [-0.2, -0.15) is 9.29 Å². The van der Waals surface area contributed by atoms with Gasteiger partial charge in [-0.1, -0.05) is 53.7 Å². The highest BCUT2D eigenvalue weighted by Gasteiger charge is 2.22. The molecule has 0 fully saturated rings. The Morgan fingerprint density at radius 2 is 1.65 bits per heavy atom. The first-order valence-electron chi connectivity index (χ1n) is 8.24. The van der Waals surface area contributed by atoms with E-state index in [0.717, 1.165) is 22.3 Å². The van der Waals surface area contributed by atoms with Crippen molar-refractivity contribution in [2.75, 3.05) is 7.05 Å². The molecule has 0 bridgehead atoms. The van der Waals surface area contributed by atoms with E-state index < -0.39 is 10.0 Å². The van der Waals surface area contributed by atoms with E-state index in [4.69, 9.17) is 4.52 Å². The Balaban J connectivity index is 1.75. The average Bonchev–Trinajstić information content (AvgIpc) is 3.05. The fourth-order valence-electron chi connectivity index (χ4n) is 2.62. The lowest BCUT2D eigenvalue weighted by Crippen LogP contribution is -2.28. The van der Waals surface area contributed by atoms with Crippen molar-refractivity contribution < 1.29 is 12.9 Å². The van der Waals surface area contributed by atoms with Crippen LogP contribution in [-0.4, -0.2) is 29.9 Å². The van der Waals surface area contributed by atoms with Crippen molar-refractivity contribution in [2.45, 2.75) is 26.1 Å². The third-order valence-corrected chi connectivity index (χ3v) is 6.04. The maximum Gasteiger partial charge on any atom is 0.242 e. The normalized spacial score (nSPS) is 11.8. The summed E-state index contributed by atoms with van der Waals surface area (Å²) in [6.07, 6.45) is 0. The molecule has 0 saturated carbocycles. The summed E-state index contributed by atoms with van der Waals surface area (Å²) >= 11 is 0. The lowest BCUT2D eigenvalue weighted by Gasteiger charge is -2.16. The van der Waals surface area contributed by atoms with Crippen LogP contribution < -0.4 is 0 Å². The Hall–Kier alpha value is -2.51. The molecule has 0 atom stereocenters. The molecular weight excluding hydrogens is 350 g/mol. The molecule has 6 nitrogen and oxygen atoms in total. The molecule has 2 aromatic carbocycles. The minimum absolute atomic E-state index is 0.0348. The summed E-state index contributed by atoms with van der Waals surface area (Å²) in [5.74, 6) is 0.663. The lowest BCUT2D eigenvalue weighted by atomic mass is 10.1. The summed E-state index contributed by atoms with van der Waals surface area (Å²) in [5.41, 5.74) is 3.63. The van der Waals surface area contributed by atoms with Crippen molar-refractivity contribution in [3.63, 3.8) is 0 Å². The summed E-state index contributed by atoms with van der Waals surface area (Å²) in [6, 6.07) is 15.2. The molecule has 136 valence electrons. The Morgan fingerprint density at radius 1 is 1.00 bits per heavy atom. The molecule has 0 radical (unpaired) electrons. The molecule has 3 aromatic rings. The van der Waals surface area contributed by atoms with E-state index in [1.807, 2.05) is 62.4 Å². The number of nitrogens with zero attached hydrogens (tertiary/aromatic N) is 3. The predicted molar refractivity (Wildman–Crippen MR) is 99.7 cm³/mol. The largest absolute Gasteiger partial charge is 0.338 e. The zero-order valence-corrected chi connectivity index (χ0v) is 15.8. The van der Waals surface area contributed by atoms with Crippen molar-refractivity contribution in [3.05, 3.63) is 71.1 Å². The number of hydrogen-bond acceptors (Lipinski definition) is 5. The van der Waals surface area contributed by atoms with Gasteiger partial charge in [0.25, 0.3) is 0 Å². The molecular formula is C19H21N3O3S. The van der Waals surface area contributed by atoms with Crippen LogP contribution in [0.3, 0.4) is 0 Å². The van der Waals surface area contributed by atoms with Crippen molar-refractivity contribution in [1.82, 2.24) is 14.4 Å². The monoisotopic (exact) mass is 371 g/mol. The molecule has 0 unspecified atom stereocenters. The summed E-state index contributed by atoms with van der Waals surface area (Å²) < 4.78 is 31.7. The van der Waals surface area contributed by atoms with Gasteiger partial charge in [0.15, 0.2) is 0 Å². The predicted octanol–water partition coefficient (Wildman–Crippen LogP) is 3.32. The van der Waals surface area contributed by atoms with Gasteiger partial charge in [-0.25, -0.2) is 8.42 Å². The van der Waals surface area contributed by atoms with Gasteiger partial charge >= 0.3 is 0 Å². The van der Waals surface area contributed by atoms with E-state index in [9.17, 15) is 8.42 Å².